The second kappa shape index (κ2) is 4.34. The van der Waals surface area contributed by atoms with Gasteiger partial charge in [0.25, 0.3) is 5.91 Å². The summed E-state index contributed by atoms with van der Waals surface area (Å²) in [6, 6.07) is 0. The summed E-state index contributed by atoms with van der Waals surface area (Å²) < 4.78 is 4.93. The van der Waals surface area contributed by atoms with Crippen molar-refractivity contribution in [3.63, 3.8) is 0 Å². The molecule has 0 saturated heterocycles. The molecule has 1 N–H and O–H groups in total. The van der Waals surface area contributed by atoms with Crippen LogP contribution in [0.1, 0.15) is 20.4 Å². The third-order valence-electron chi connectivity index (χ3n) is 1.54. The zero-order valence-electron chi connectivity index (χ0n) is 7.88. The minimum absolute atomic E-state index is 0.0858. The van der Waals surface area contributed by atoms with Crippen LogP contribution in [0, 0.1) is 6.92 Å². The Hall–Kier alpha value is -0.940. The lowest BCUT2D eigenvalue weighted by Gasteiger charge is -1.93. The first-order chi connectivity index (χ1) is 6.19. The highest BCUT2D eigenvalue weighted by Gasteiger charge is 2.13. The highest BCUT2D eigenvalue weighted by molar-refractivity contribution is 7.13. The normalized spacial score (nSPS) is 10.1. The lowest BCUT2D eigenvalue weighted by atomic mass is 10.4. The Bertz CT molecular complexity index is 309. The van der Waals surface area contributed by atoms with Crippen LogP contribution in [0.15, 0.2) is 0 Å². The van der Waals surface area contributed by atoms with Gasteiger partial charge < -0.3 is 10.1 Å². The van der Waals surface area contributed by atoms with E-state index in [1.807, 2.05) is 6.92 Å². The van der Waals surface area contributed by atoms with E-state index < -0.39 is 0 Å². The summed E-state index contributed by atoms with van der Waals surface area (Å²) in [5.74, 6) is -0.0858. The van der Waals surface area contributed by atoms with Gasteiger partial charge in [0.15, 0.2) is 0 Å². The van der Waals surface area contributed by atoms with Crippen LogP contribution in [-0.2, 0) is 11.3 Å². The van der Waals surface area contributed by atoms with Crippen molar-refractivity contribution in [1.82, 2.24) is 10.3 Å². The first-order valence-corrected chi connectivity index (χ1v) is 4.68. The number of nitrogens with zero attached hydrogens (tertiary/aromatic N) is 1. The van der Waals surface area contributed by atoms with E-state index in [2.05, 4.69) is 10.3 Å². The molecule has 1 aromatic heterocycles. The van der Waals surface area contributed by atoms with Crippen LogP contribution in [0.4, 0.5) is 0 Å². The zero-order valence-corrected chi connectivity index (χ0v) is 8.70. The molecule has 0 unspecified atom stereocenters. The standard InChI is InChI=1S/C8H12N2O2S/c1-5-7(8(11)9-2)13-6(10-5)4-12-3/h4H2,1-3H3,(H,9,11). The van der Waals surface area contributed by atoms with Crippen molar-refractivity contribution in [2.24, 2.45) is 0 Å². The van der Waals surface area contributed by atoms with Crippen molar-refractivity contribution < 1.29 is 9.53 Å². The molecular formula is C8H12N2O2S. The van der Waals surface area contributed by atoms with Crippen LogP contribution in [0.25, 0.3) is 0 Å². The van der Waals surface area contributed by atoms with E-state index in [1.54, 1.807) is 14.2 Å². The maximum Gasteiger partial charge on any atom is 0.263 e. The topological polar surface area (TPSA) is 51.2 Å². The van der Waals surface area contributed by atoms with E-state index in [4.69, 9.17) is 4.74 Å². The number of carbonyl (C=O) groups is 1. The van der Waals surface area contributed by atoms with E-state index >= 15 is 0 Å². The quantitative estimate of drug-likeness (QED) is 0.790. The van der Waals surface area contributed by atoms with E-state index in [1.165, 1.54) is 11.3 Å². The van der Waals surface area contributed by atoms with Crippen molar-refractivity contribution in [3.8, 4) is 0 Å². The highest BCUT2D eigenvalue weighted by atomic mass is 32.1. The number of amides is 1. The van der Waals surface area contributed by atoms with Gasteiger partial charge >= 0.3 is 0 Å². The van der Waals surface area contributed by atoms with Crippen molar-refractivity contribution in [1.29, 1.82) is 0 Å². The van der Waals surface area contributed by atoms with Gasteiger partial charge in [-0.15, -0.1) is 11.3 Å². The molecule has 1 amide bonds. The Morgan fingerprint density at radius 2 is 2.38 bits per heavy atom. The minimum Gasteiger partial charge on any atom is -0.378 e. The summed E-state index contributed by atoms with van der Waals surface area (Å²) in [6.07, 6.45) is 0. The number of rotatable bonds is 3. The molecule has 4 nitrogen and oxygen atoms in total. The molecule has 0 bridgehead atoms. The Balaban J connectivity index is 2.89. The third-order valence-corrected chi connectivity index (χ3v) is 2.67. The summed E-state index contributed by atoms with van der Waals surface area (Å²) in [7, 11) is 3.22. The van der Waals surface area contributed by atoms with Gasteiger partial charge in [-0.3, -0.25) is 4.79 Å². The van der Waals surface area contributed by atoms with Gasteiger partial charge in [-0.2, -0.15) is 0 Å². The van der Waals surface area contributed by atoms with Crippen LogP contribution >= 0.6 is 11.3 Å². The Morgan fingerprint density at radius 3 is 2.92 bits per heavy atom. The molecular weight excluding hydrogens is 188 g/mol. The monoisotopic (exact) mass is 200 g/mol. The molecule has 0 atom stereocenters. The number of hydrogen-bond acceptors (Lipinski definition) is 4. The van der Waals surface area contributed by atoms with Gasteiger partial charge in [0, 0.05) is 14.2 Å². The number of aryl methyl sites for hydroxylation is 1. The molecule has 0 saturated carbocycles. The smallest absolute Gasteiger partial charge is 0.263 e. The molecule has 0 spiro atoms. The largest absolute Gasteiger partial charge is 0.378 e. The van der Waals surface area contributed by atoms with Crippen LogP contribution < -0.4 is 5.32 Å². The van der Waals surface area contributed by atoms with Crippen molar-refractivity contribution in [3.05, 3.63) is 15.6 Å². The average Bonchev–Trinajstić information content (AvgIpc) is 2.46. The van der Waals surface area contributed by atoms with Gasteiger partial charge in [0.05, 0.1) is 12.3 Å². The molecule has 1 rings (SSSR count). The van der Waals surface area contributed by atoms with E-state index in [0.717, 1.165) is 10.7 Å². The molecule has 1 aromatic rings. The van der Waals surface area contributed by atoms with E-state index in [-0.39, 0.29) is 5.91 Å². The second-order valence-electron chi connectivity index (χ2n) is 2.53. The molecule has 72 valence electrons. The predicted octanol–water partition coefficient (Wildman–Crippen LogP) is 0.958. The lowest BCUT2D eigenvalue weighted by molar-refractivity contribution is 0.0966. The van der Waals surface area contributed by atoms with E-state index in [0.29, 0.717) is 11.5 Å². The van der Waals surface area contributed by atoms with Gasteiger partial charge in [-0.1, -0.05) is 0 Å². The minimum atomic E-state index is -0.0858. The van der Waals surface area contributed by atoms with Crippen LogP contribution in [0.3, 0.4) is 0 Å². The fourth-order valence-electron chi connectivity index (χ4n) is 0.962. The summed E-state index contributed by atoms with van der Waals surface area (Å²) >= 11 is 1.37. The van der Waals surface area contributed by atoms with Crippen molar-refractivity contribution in [2.75, 3.05) is 14.2 Å². The highest BCUT2D eigenvalue weighted by Crippen LogP contribution is 2.18. The SMILES string of the molecule is CNC(=O)c1sc(COC)nc1C. The van der Waals surface area contributed by atoms with Gasteiger partial charge in [0.2, 0.25) is 0 Å². The fourth-order valence-corrected chi connectivity index (χ4v) is 1.94. The summed E-state index contributed by atoms with van der Waals surface area (Å²) in [5.41, 5.74) is 0.761. The summed E-state index contributed by atoms with van der Waals surface area (Å²) in [6.45, 7) is 2.28. The summed E-state index contributed by atoms with van der Waals surface area (Å²) in [5, 5.41) is 3.40. The Morgan fingerprint density at radius 1 is 1.69 bits per heavy atom. The molecule has 1 heterocycles. The maximum absolute atomic E-state index is 11.3. The number of methoxy groups -OCH3 is 1. The molecule has 13 heavy (non-hydrogen) atoms. The molecule has 5 heteroatoms. The second-order valence-corrected chi connectivity index (χ2v) is 3.62. The average molecular weight is 200 g/mol. The van der Waals surface area contributed by atoms with Gasteiger partial charge in [0.1, 0.15) is 9.88 Å². The van der Waals surface area contributed by atoms with Crippen LogP contribution in [-0.4, -0.2) is 25.0 Å². The Labute approximate surface area is 80.9 Å². The molecule has 0 aliphatic rings. The Kier molecular flexibility index (Phi) is 3.39. The first kappa shape index (κ1) is 10.1. The maximum atomic E-state index is 11.3. The van der Waals surface area contributed by atoms with Crippen LogP contribution in [0.5, 0.6) is 0 Å². The van der Waals surface area contributed by atoms with Crippen LogP contribution in [0.2, 0.25) is 0 Å². The predicted molar refractivity (Wildman–Crippen MR) is 51.0 cm³/mol. The lowest BCUT2D eigenvalue weighted by Crippen LogP contribution is -2.17. The number of hydrogen-bond donors (Lipinski definition) is 1. The molecule has 0 aliphatic heterocycles. The van der Waals surface area contributed by atoms with Crippen molar-refractivity contribution in [2.45, 2.75) is 13.5 Å². The number of ether oxygens (including phenoxy) is 1. The number of nitrogens with one attached hydrogen (secondary N) is 1. The zero-order chi connectivity index (χ0) is 9.84. The first-order valence-electron chi connectivity index (χ1n) is 3.86. The van der Waals surface area contributed by atoms with Gasteiger partial charge in [-0.05, 0) is 6.92 Å². The van der Waals surface area contributed by atoms with Crippen molar-refractivity contribution >= 4 is 17.2 Å². The molecule has 0 aliphatic carbocycles. The number of carbonyl (C=O) groups excluding carboxylic acids is 1. The number of thiazole rings is 1. The third kappa shape index (κ3) is 2.26. The fraction of sp³-hybridized carbons (Fsp3) is 0.500. The van der Waals surface area contributed by atoms with E-state index in [9.17, 15) is 4.79 Å². The molecule has 0 radical (unpaired) electrons. The summed E-state index contributed by atoms with van der Waals surface area (Å²) in [4.78, 5) is 16.1. The molecule has 0 fully saturated rings. The molecule has 0 aromatic carbocycles. The number of aromatic nitrogens is 1. The van der Waals surface area contributed by atoms with Gasteiger partial charge in [-0.25, -0.2) is 4.98 Å².